The molecular weight excluding hydrogens is 376 g/mol. The number of aryl methyl sites for hydroxylation is 1. The predicted octanol–water partition coefficient (Wildman–Crippen LogP) is 3.76. The van der Waals surface area contributed by atoms with E-state index in [1.807, 2.05) is 73.7 Å². The van der Waals surface area contributed by atoms with E-state index in [1.165, 1.54) is 0 Å². The van der Waals surface area contributed by atoms with Crippen molar-refractivity contribution >= 4 is 11.8 Å². The van der Waals surface area contributed by atoms with Gasteiger partial charge in [0.1, 0.15) is 0 Å². The Bertz CT molecular complexity index is 969. The van der Waals surface area contributed by atoms with E-state index in [-0.39, 0.29) is 18.4 Å². The summed E-state index contributed by atoms with van der Waals surface area (Å²) >= 11 is 0. The molecule has 2 N–H and O–H groups in total. The minimum Gasteiger partial charge on any atom is -0.372 e. The van der Waals surface area contributed by atoms with Crippen molar-refractivity contribution in [1.82, 2.24) is 10.6 Å². The second-order valence-electron chi connectivity index (χ2n) is 7.07. The normalized spacial score (nSPS) is 10.4. The highest BCUT2D eigenvalue weighted by Gasteiger charge is 2.09. The number of amides is 2. The first kappa shape index (κ1) is 21.3. The summed E-state index contributed by atoms with van der Waals surface area (Å²) in [4.78, 5) is 24.3. The topological polar surface area (TPSA) is 67.4 Å². The second-order valence-corrected chi connectivity index (χ2v) is 7.07. The van der Waals surface area contributed by atoms with Gasteiger partial charge in [0, 0.05) is 12.1 Å². The molecule has 0 radical (unpaired) electrons. The molecule has 3 rings (SSSR count). The molecule has 0 aliphatic heterocycles. The molecule has 154 valence electrons. The van der Waals surface area contributed by atoms with Crippen molar-refractivity contribution in [1.29, 1.82) is 0 Å². The summed E-state index contributed by atoms with van der Waals surface area (Å²) in [7, 11) is 0. The van der Waals surface area contributed by atoms with Crippen LogP contribution in [0.1, 0.15) is 32.6 Å². The highest BCUT2D eigenvalue weighted by molar-refractivity contribution is 5.96. The third kappa shape index (κ3) is 6.57. The van der Waals surface area contributed by atoms with Crippen molar-refractivity contribution in [2.75, 3.05) is 6.54 Å². The lowest BCUT2D eigenvalue weighted by Gasteiger charge is -2.12. The molecule has 0 aromatic heterocycles. The Morgan fingerprint density at radius 1 is 0.767 bits per heavy atom. The Hall–Kier alpha value is -3.44. The van der Waals surface area contributed by atoms with E-state index in [4.69, 9.17) is 4.74 Å². The van der Waals surface area contributed by atoms with Crippen LogP contribution in [0.5, 0.6) is 0 Å². The molecule has 30 heavy (non-hydrogen) atoms. The van der Waals surface area contributed by atoms with Crippen LogP contribution in [-0.4, -0.2) is 18.4 Å². The molecule has 5 heteroatoms. The Balaban J connectivity index is 1.45. The summed E-state index contributed by atoms with van der Waals surface area (Å²) in [6.45, 7) is 3.26. The molecule has 0 fully saturated rings. The summed E-state index contributed by atoms with van der Waals surface area (Å²) < 4.78 is 5.82. The minimum absolute atomic E-state index is 0.0701. The zero-order chi connectivity index (χ0) is 21.2. The van der Waals surface area contributed by atoms with Crippen molar-refractivity contribution in [3.8, 4) is 0 Å². The number of carbonyl (C=O) groups is 2. The first-order chi connectivity index (χ1) is 14.6. The van der Waals surface area contributed by atoms with Gasteiger partial charge >= 0.3 is 0 Å². The molecule has 0 saturated heterocycles. The molecule has 0 heterocycles. The molecule has 0 aliphatic carbocycles. The largest absolute Gasteiger partial charge is 0.372 e. The molecule has 0 unspecified atom stereocenters. The highest BCUT2D eigenvalue weighted by Crippen LogP contribution is 2.12. The number of hydrogen-bond acceptors (Lipinski definition) is 3. The quantitative estimate of drug-likeness (QED) is 0.573. The van der Waals surface area contributed by atoms with Crippen molar-refractivity contribution in [3.63, 3.8) is 0 Å². The third-order valence-electron chi connectivity index (χ3n) is 4.69. The summed E-state index contributed by atoms with van der Waals surface area (Å²) in [5.41, 5.74) is 4.75. The van der Waals surface area contributed by atoms with Gasteiger partial charge in [-0.15, -0.1) is 0 Å². The van der Waals surface area contributed by atoms with Gasteiger partial charge in [-0.1, -0.05) is 72.3 Å². The number of hydrogen-bond donors (Lipinski definition) is 2. The van der Waals surface area contributed by atoms with Gasteiger partial charge in [0.2, 0.25) is 5.91 Å². The average Bonchev–Trinajstić information content (AvgIpc) is 2.78. The first-order valence-corrected chi connectivity index (χ1v) is 9.92. The maximum absolute atomic E-state index is 12.2. The molecule has 0 aliphatic rings. The van der Waals surface area contributed by atoms with Gasteiger partial charge in [0.25, 0.3) is 5.91 Å². The van der Waals surface area contributed by atoms with Crippen molar-refractivity contribution in [2.45, 2.75) is 26.7 Å². The predicted molar refractivity (Wildman–Crippen MR) is 117 cm³/mol. The lowest BCUT2D eigenvalue weighted by atomic mass is 10.1. The van der Waals surface area contributed by atoms with Crippen LogP contribution in [0.2, 0.25) is 0 Å². The number of benzene rings is 3. The lowest BCUT2D eigenvalue weighted by molar-refractivity contribution is -0.120. The van der Waals surface area contributed by atoms with E-state index >= 15 is 0 Å². The van der Waals surface area contributed by atoms with Crippen LogP contribution in [0.15, 0.2) is 78.9 Å². The monoisotopic (exact) mass is 402 g/mol. The SMILES string of the molecule is Cc1ccc(C(=O)NCC(=O)NCc2ccccc2COCc2ccccc2)cc1. The average molecular weight is 402 g/mol. The third-order valence-corrected chi connectivity index (χ3v) is 4.69. The Morgan fingerprint density at radius 3 is 2.17 bits per heavy atom. The van der Waals surface area contributed by atoms with Gasteiger partial charge in [0.15, 0.2) is 0 Å². The standard InChI is InChI=1S/C25H26N2O3/c1-19-11-13-21(14-12-19)25(29)27-16-24(28)26-15-22-9-5-6-10-23(22)18-30-17-20-7-3-2-4-8-20/h2-14H,15-18H2,1H3,(H,26,28)(H,27,29). The molecule has 3 aromatic carbocycles. The van der Waals surface area contributed by atoms with Crippen LogP contribution < -0.4 is 10.6 Å². The second kappa shape index (κ2) is 10.9. The van der Waals surface area contributed by atoms with Gasteiger partial charge in [-0.05, 0) is 35.7 Å². The fraction of sp³-hybridized carbons (Fsp3) is 0.200. The van der Waals surface area contributed by atoms with Crippen LogP contribution in [0.4, 0.5) is 0 Å². The molecule has 5 nitrogen and oxygen atoms in total. The highest BCUT2D eigenvalue weighted by atomic mass is 16.5. The first-order valence-electron chi connectivity index (χ1n) is 9.92. The fourth-order valence-electron chi connectivity index (χ4n) is 2.95. The van der Waals surface area contributed by atoms with Crippen molar-refractivity contribution in [2.24, 2.45) is 0 Å². The van der Waals surface area contributed by atoms with Crippen LogP contribution in [0.25, 0.3) is 0 Å². The molecule has 0 bridgehead atoms. The van der Waals surface area contributed by atoms with Crippen LogP contribution in [-0.2, 0) is 29.3 Å². The van der Waals surface area contributed by atoms with E-state index in [1.54, 1.807) is 12.1 Å². The van der Waals surface area contributed by atoms with E-state index < -0.39 is 0 Å². The summed E-state index contributed by atoms with van der Waals surface area (Å²) in [6, 6.07) is 25.1. The number of rotatable bonds is 9. The fourth-order valence-corrected chi connectivity index (χ4v) is 2.95. The number of nitrogens with one attached hydrogen (secondary N) is 2. The molecule has 2 amide bonds. The number of carbonyl (C=O) groups excluding carboxylic acids is 2. The molecule has 0 atom stereocenters. The van der Waals surface area contributed by atoms with Crippen LogP contribution in [0, 0.1) is 6.92 Å². The van der Waals surface area contributed by atoms with Gasteiger partial charge in [-0.2, -0.15) is 0 Å². The Labute approximate surface area is 177 Å². The van der Waals surface area contributed by atoms with E-state index in [9.17, 15) is 9.59 Å². The van der Waals surface area contributed by atoms with Gasteiger partial charge in [-0.25, -0.2) is 0 Å². The van der Waals surface area contributed by atoms with Gasteiger partial charge in [-0.3, -0.25) is 9.59 Å². The summed E-state index contributed by atoms with van der Waals surface area (Å²) in [6.07, 6.45) is 0. The summed E-state index contributed by atoms with van der Waals surface area (Å²) in [5, 5.41) is 5.50. The Kier molecular flexibility index (Phi) is 7.75. The summed E-state index contributed by atoms with van der Waals surface area (Å²) in [5.74, 6) is -0.504. The van der Waals surface area contributed by atoms with E-state index in [2.05, 4.69) is 10.6 Å². The maximum atomic E-state index is 12.2. The zero-order valence-electron chi connectivity index (χ0n) is 17.1. The van der Waals surface area contributed by atoms with Crippen molar-refractivity contribution < 1.29 is 14.3 Å². The molecule has 3 aromatic rings. The van der Waals surface area contributed by atoms with Crippen molar-refractivity contribution in [3.05, 3.63) is 107 Å². The molecule has 0 spiro atoms. The maximum Gasteiger partial charge on any atom is 0.251 e. The number of ether oxygens (including phenoxy) is 1. The minimum atomic E-state index is -0.264. The molecular formula is C25H26N2O3. The lowest BCUT2D eigenvalue weighted by Crippen LogP contribution is -2.36. The molecule has 0 saturated carbocycles. The smallest absolute Gasteiger partial charge is 0.251 e. The zero-order valence-corrected chi connectivity index (χ0v) is 17.1. The van der Waals surface area contributed by atoms with Crippen LogP contribution in [0.3, 0.4) is 0 Å². The van der Waals surface area contributed by atoms with E-state index in [0.717, 1.165) is 22.3 Å². The Morgan fingerprint density at radius 2 is 1.43 bits per heavy atom. The van der Waals surface area contributed by atoms with Gasteiger partial charge < -0.3 is 15.4 Å². The van der Waals surface area contributed by atoms with Gasteiger partial charge in [0.05, 0.1) is 19.8 Å². The van der Waals surface area contributed by atoms with E-state index in [0.29, 0.717) is 25.3 Å². The van der Waals surface area contributed by atoms with Crippen LogP contribution >= 0.6 is 0 Å².